The van der Waals surface area contributed by atoms with Gasteiger partial charge in [-0.25, -0.2) is 9.97 Å². The smallest absolute Gasteiger partial charge is 0.133 e. The lowest BCUT2D eigenvalue weighted by Gasteiger charge is -2.26. The Labute approximate surface area is 141 Å². The van der Waals surface area contributed by atoms with E-state index >= 15 is 0 Å². The highest BCUT2D eigenvalue weighted by Crippen LogP contribution is 2.29. The second kappa shape index (κ2) is 6.39. The van der Waals surface area contributed by atoms with Crippen LogP contribution >= 0.6 is 0 Å². The first-order chi connectivity index (χ1) is 10.8. The van der Waals surface area contributed by atoms with Gasteiger partial charge in [0.1, 0.15) is 11.6 Å². The van der Waals surface area contributed by atoms with Gasteiger partial charge in [-0.3, -0.25) is 4.90 Å². The highest BCUT2D eigenvalue weighted by molar-refractivity contribution is 5.42. The molecular weight excluding hydrogens is 284 g/mol. The summed E-state index contributed by atoms with van der Waals surface area (Å²) in [6, 6.07) is 3.09. The maximum atomic E-state index is 4.89. The van der Waals surface area contributed by atoms with Crippen LogP contribution in [0.3, 0.4) is 0 Å². The average Bonchev–Trinajstić information content (AvgIpc) is 3.31. The Morgan fingerprint density at radius 1 is 1.04 bits per heavy atom. The van der Waals surface area contributed by atoms with E-state index in [1.54, 1.807) is 0 Å². The van der Waals surface area contributed by atoms with Crippen molar-refractivity contribution in [3.05, 3.63) is 17.6 Å². The standard InChI is InChI=1S/C19H32N4/c1-14(2)18-20-16(19(3,4)5)13-17(21-18)23-10-6-9-22(11-12-23)15-7-8-15/h13-15H,6-12H2,1-5H3. The predicted molar refractivity (Wildman–Crippen MR) is 96.2 cm³/mol. The molecule has 2 fully saturated rings. The number of aromatic nitrogens is 2. The first-order valence-corrected chi connectivity index (χ1v) is 9.23. The van der Waals surface area contributed by atoms with Gasteiger partial charge < -0.3 is 4.90 Å². The molecule has 4 heteroatoms. The first kappa shape index (κ1) is 16.7. The van der Waals surface area contributed by atoms with E-state index in [0.717, 1.165) is 36.5 Å². The average molecular weight is 316 g/mol. The monoisotopic (exact) mass is 316 g/mol. The van der Waals surface area contributed by atoms with Crippen molar-refractivity contribution in [3.8, 4) is 0 Å². The highest BCUT2D eigenvalue weighted by Gasteiger charge is 2.30. The predicted octanol–water partition coefficient (Wildman–Crippen LogP) is 3.57. The van der Waals surface area contributed by atoms with Crippen LogP contribution in [0.15, 0.2) is 6.07 Å². The summed E-state index contributed by atoms with van der Waals surface area (Å²) in [6.45, 7) is 15.7. The van der Waals surface area contributed by atoms with E-state index in [4.69, 9.17) is 9.97 Å². The van der Waals surface area contributed by atoms with E-state index in [0.29, 0.717) is 5.92 Å². The van der Waals surface area contributed by atoms with Crippen molar-refractivity contribution in [3.63, 3.8) is 0 Å². The molecule has 0 aromatic carbocycles. The Kier molecular flexibility index (Phi) is 4.63. The third-order valence-electron chi connectivity index (χ3n) is 4.93. The number of nitrogens with zero attached hydrogens (tertiary/aromatic N) is 4. The minimum atomic E-state index is 0.0627. The first-order valence-electron chi connectivity index (χ1n) is 9.23. The molecule has 1 aliphatic heterocycles. The molecule has 0 N–H and O–H groups in total. The molecule has 1 saturated carbocycles. The second-order valence-electron chi connectivity index (χ2n) is 8.48. The molecule has 2 heterocycles. The van der Waals surface area contributed by atoms with Gasteiger partial charge in [0.2, 0.25) is 0 Å². The van der Waals surface area contributed by atoms with Crippen molar-refractivity contribution in [2.24, 2.45) is 0 Å². The molecule has 128 valence electrons. The van der Waals surface area contributed by atoms with Gasteiger partial charge >= 0.3 is 0 Å². The van der Waals surface area contributed by atoms with Crippen LogP contribution in [0, 0.1) is 0 Å². The van der Waals surface area contributed by atoms with E-state index in [1.165, 1.54) is 32.4 Å². The fourth-order valence-corrected chi connectivity index (χ4v) is 3.23. The van der Waals surface area contributed by atoms with Gasteiger partial charge in [-0.2, -0.15) is 0 Å². The quantitative estimate of drug-likeness (QED) is 0.853. The summed E-state index contributed by atoms with van der Waals surface area (Å²) in [5.41, 5.74) is 1.22. The highest BCUT2D eigenvalue weighted by atomic mass is 15.3. The number of hydrogen-bond acceptors (Lipinski definition) is 4. The lowest BCUT2D eigenvalue weighted by molar-refractivity contribution is 0.283. The van der Waals surface area contributed by atoms with Crippen LogP contribution in [0.4, 0.5) is 5.82 Å². The van der Waals surface area contributed by atoms with Crippen LogP contribution in [-0.4, -0.2) is 47.1 Å². The zero-order chi connectivity index (χ0) is 16.6. The summed E-state index contributed by atoms with van der Waals surface area (Å²) in [6.07, 6.45) is 4.04. The normalized spacial score (nSPS) is 20.9. The molecule has 0 spiro atoms. The summed E-state index contributed by atoms with van der Waals surface area (Å²) >= 11 is 0. The third-order valence-corrected chi connectivity index (χ3v) is 4.93. The summed E-state index contributed by atoms with van der Waals surface area (Å²) in [4.78, 5) is 14.9. The van der Waals surface area contributed by atoms with Crippen LogP contribution < -0.4 is 4.90 Å². The van der Waals surface area contributed by atoms with Crippen molar-refractivity contribution in [2.45, 2.75) is 71.3 Å². The molecule has 1 aromatic heterocycles. The third kappa shape index (κ3) is 4.03. The Hall–Kier alpha value is -1.16. The molecule has 1 aliphatic carbocycles. The van der Waals surface area contributed by atoms with Crippen LogP contribution in [-0.2, 0) is 5.41 Å². The van der Waals surface area contributed by atoms with Crippen molar-refractivity contribution in [2.75, 3.05) is 31.1 Å². The second-order valence-corrected chi connectivity index (χ2v) is 8.48. The van der Waals surface area contributed by atoms with Crippen LogP contribution in [0.5, 0.6) is 0 Å². The van der Waals surface area contributed by atoms with Crippen LogP contribution in [0.25, 0.3) is 0 Å². The largest absolute Gasteiger partial charge is 0.355 e. The SMILES string of the molecule is CC(C)c1nc(N2CCCN(C3CC3)CC2)cc(C(C)(C)C)n1. The Balaban J connectivity index is 1.84. The van der Waals surface area contributed by atoms with Gasteiger partial charge in [0, 0.05) is 49.6 Å². The van der Waals surface area contributed by atoms with Gasteiger partial charge in [-0.1, -0.05) is 34.6 Å². The fourth-order valence-electron chi connectivity index (χ4n) is 3.23. The lowest BCUT2D eigenvalue weighted by Crippen LogP contribution is -2.33. The van der Waals surface area contributed by atoms with Gasteiger partial charge in [-0.15, -0.1) is 0 Å². The summed E-state index contributed by atoms with van der Waals surface area (Å²) in [5, 5.41) is 0. The fraction of sp³-hybridized carbons (Fsp3) is 0.789. The van der Waals surface area contributed by atoms with Crippen LogP contribution in [0.1, 0.15) is 71.3 Å². The zero-order valence-corrected chi connectivity index (χ0v) is 15.5. The van der Waals surface area contributed by atoms with E-state index in [-0.39, 0.29) is 5.41 Å². The van der Waals surface area contributed by atoms with Gasteiger partial charge in [0.05, 0.1) is 5.69 Å². The number of hydrogen-bond donors (Lipinski definition) is 0. The van der Waals surface area contributed by atoms with Gasteiger partial charge in [0.25, 0.3) is 0 Å². The summed E-state index contributed by atoms with van der Waals surface area (Å²) in [7, 11) is 0. The summed E-state index contributed by atoms with van der Waals surface area (Å²) in [5.74, 6) is 2.48. The van der Waals surface area contributed by atoms with Gasteiger partial charge in [-0.05, 0) is 19.3 Å². The molecule has 0 radical (unpaired) electrons. The lowest BCUT2D eigenvalue weighted by atomic mass is 9.91. The minimum absolute atomic E-state index is 0.0627. The molecule has 0 bridgehead atoms. The maximum absolute atomic E-state index is 4.89. The Morgan fingerprint density at radius 3 is 2.39 bits per heavy atom. The zero-order valence-electron chi connectivity index (χ0n) is 15.5. The maximum Gasteiger partial charge on any atom is 0.133 e. The molecule has 1 saturated heterocycles. The minimum Gasteiger partial charge on any atom is -0.355 e. The van der Waals surface area contributed by atoms with Crippen molar-refractivity contribution in [1.29, 1.82) is 0 Å². The van der Waals surface area contributed by atoms with Crippen LogP contribution in [0.2, 0.25) is 0 Å². The molecule has 3 rings (SSSR count). The Bertz CT molecular complexity index is 543. The van der Waals surface area contributed by atoms with E-state index in [1.807, 2.05) is 0 Å². The number of anilines is 1. The van der Waals surface area contributed by atoms with Crippen molar-refractivity contribution in [1.82, 2.24) is 14.9 Å². The van der Waals surface area contributed by atoms with E-state index < -0.39 is 0 Å². The van der Waals surface area contributed by atoms with E-state index in [9.17, 15) is 0 Å². The molecule has 2 aliphatic rings. The molecule has 23 heavy (non-hydrogen) atoms. The summed E-state index contributed by atoms with van der Waals surface area (Å²) < 4.78 is 0. The topological polar surface area (TPSA) is 32.3 Å². The number of rotatable bonds is 3. The molecule has 1 aromatic rings. The van der Waals surface area contributed by atoms with Crippen molar-refractivity contribution < 1.29 is 0 Å². The van der Waals surface area contributed by atoms with E-state index in [2.05, 4.69) is 50.5 Å². The molecule has 0 unspecified atom stereocenters. The molecule has 4 nitrogen and oxygen atoms in total. The molecular formula is C19H32N4. The molecule has 0 amide bonds. The van der Waals surface area contributed by atoms with Gasteiger partial charge in [0.15, 0.2) is 0 Å². The Morgan fingerprint density at radius 2 is 1.78 bits per heavy atom. The van der Waals surface area contributed by atoms with Crippen molar-refractivity contribution >= 4 is 5.82 Å². The molecule has 0 atom stereocenters.